The summed E-state index contributed by atoms with van der Waals surface area (Å²) in [6.45, 7) is 0.764. The third kappa shape index (κ3) is 3.18. The Balaban J connectivity index is 1.89. The fraction of sp³-hybridized carbons (Fsp3) is 0.533. The summed E-state index contributed by atoms with van der Waals surface area (Å²) in [7, 11) is 0. The van der Waals surface area contributed by atoms with Crippen molar-refractivity contribution in [3.05, 3.63) is 29.6 Å². The summed E-state index contributed by atoms with van der Waals surface area (Å²) in [5.74, 6) is 1.69. The molecule has 114 valence electrons. The highest BCUT2D eigenvalue weighted by Gasteiger charge is 2.31. The van der Waals surface area contributed by atoms with Gasteiger partial charge in [0.15, 0.2) is 0 Å². The van der Waals surface area contributed by atoms with Crippen LogP contribution in [0.1, 0.15) is 37.1 Å². The van der Waals surface area contributed by atoms with Crippen LogP contribution in [0.3, 0.4) is 0 Å². The minimum Gasteiger partial charge on any atom is -0.327 e. The number of rotatable bonds is 5. The van der Waals surface area contributed by atoms with Crippen molar-refractivity contribution in [2.75, 3.05) is 0 Å². The molecule has 0 N–H and O–H groups in total. The van der Waals surface area contributed by atoms with Crippen LogP contribution in [0.2, 0.25) is 0 Å². The van der Waals surface area contributed by atoms with Crippen LogP contribution in [0.25, 0.3) is 11.0 Å². The summed E-state index contributed by atoms with van der Waals surface area (Å²) in [6, 6.07) is 3.71. The number of hydrogen-bond donors (Lipinski definition) is 0. The van der Waals surface area contributed by atoms with E-state index >= 15 is 0 Å². The third-order valence-corrected chi connectivity index (χ3v) is 4.20. The van der Waals surface area contributed by atoms with Crippen molar-refractivity contribution < 1.29 is 13.2 Å². The normalized spacial score (nSPS) is 15.8. The first-order valence-corrected chi connectivity index (χ1v) is 7.65. The summed E-state index contributed by atoms with van der Waals surface area (Å²) in [5.41, 5.74) is 0.431. The molecule has 1 aliphatic rings. The molecule has 21 heavy (non-hydrogen) atoms. The Hall–Kier alpha value is -1.23. The first kappa shape index (κ1) is 14.7. The van der Waals surface area contributed by atoms with Gasteiger partial charge < -0.3 is 4.57 Å². The second-order valence-corrected chi connectivity index (χ2v) is 5.87. The van der Waals surface area contributed by atoms with Crippen molar-refractivity contribution in [2.24, 2.45) is 5.92 Å². The highest BCUT2D eigenvalue weighted by atomic mass is 35.5. The van der Waals surface area contributed by atoms with Crippen LogP contribution in [-0.4, -0.2) is 9.55 Å². The lowest BCUT2D eigenvalue weighted by atomic mass is 10.2. The summed E-state index contributed by atoms with van der Waals surface area (Å²) in [5, 5.41) is 0. The van der Waals surface area contributed by atoms with Gasteiger partial charge in [-0.25, -0.2) is 4.98 Å². The molecule has 0 spiro atoms. The maximum absolute atomic E-state index is 12.7. The van der Waals surface area contributed by atoms with Crippen LogP contribution in [0.5, 0.6) is 0 Å². The molecule has 6 heteroatoms. The van der Waals surface area contributed by atoms with Crippen molar-refractivity contribution in [1.29, 1.82) is 0 Å². The Morgan fingerprint density at radius 2 is 2.05 bits per heavy atom. The van der Waals surface area contributed by atoms with Crippen molar-refractivity contribution in [3.63, 3.8) is 0 Å². The number of aromatic nitrogens is 2. The van der Waals surface area contributed by atoms with Gasteiger partial charge in [0.1, 0.15) is 5.82 Å². The number of nitrogens with zero attached hydrogens (tertiary/aromatic N) is 2. The van der Waals surface area contributed by atoms with Gasteiger partial charge in [0.2, 0.25) is 0 Å². The van der Waals surface area contributed by atoms with E-state index in [0.29, 0.717) is 11.3 Å². The zero-order valence-electron chi connectivity index (χ0n) is 11.5. The minimum absolute atomic E-state index is 0.208. The topological polar surface area (TPSA) is 17.8 Å². The number of benzene rings is 1. The van der Waals surface area contributed by atoms with Gasteiger partial charge >= 0.3 is 6.18 Å². The Bertz CT molecular complexity index is 644. The van der Waals surface area contributed by atoms with E-state index in [0.717, 1.165) is 36.5 Å². The minimum atomic E-state index is -4.34. The van der Waals surface area contributed by atoms with Gasteiger partial charge in [-0.2, -0.15) is 13.2 Å². The van der Waals surface area contributed by atoms with Gasteiger partial charge in [0.25, 0.3) is 0 Å². The maximum atomic E-state index is 12.7. The summed E-state index contributed by atoms with van der Waals surface area (Å²) in [6.07, 6.45) is 0.456. The van der Waals surface area contributed by atoms with Crippen LogP contribution < -0.4 is 0 Å². The molecular formula is C15H16ClF3N2. The first-order chi connectivity index (χ1) is 9.99. The molecule has 0 radical (unpaired) electrons. The molecular weight excluding hydrogens is 301 g/mol. The highest BCUT2D eigenvalue weighted by molar-refractivity contribution is 6.16. The Kier molecular flexibility index (Phi) is 3.86. The maximum Gasteiger partial charge on any atom is 0.416 e. The van der Waals surface area contributed by atoms with E-state index in [1.54, 1.807) is 0 Å². The van der Waals surface area contributed by atoms with Gasteiger partial charge in [0.05, 0.1) is 22.5 Å². The molecule has 1 heterocycles. The van der Waals surface area contributed by atoms with Crippen LogP contribution in [-0.2, 0) is 18.6 Å². The van der Waals surface area contributed by atoms with Crippen molar-refractivity contribution in [1.82, 2.24) is 9.55 Å². The van der Waals surface area contributed by atoms with Crippen LogP contribution in [0.4, 0.5) is 13.2 Å². The summed E-state index contributed by atoms with van der Waals surface area (Å²) in [4.78, 5) is 4.25. The summed E-state index contributed by atoms with van der Waals surface area (Å²) >= 11 is 5.88. The smallest absolute Gasteiger partial charge is 0.327 e. The average molecular weight is 317 g/mol. The number of hydrogen-bond acceptors (Lipinski definition) is 1. The molecule has 1 saturated carbocycles. The molecule has 1 fully saturated rings. The third-order valence-electron chi connectivity index (χ3n) is 3.97. The van der Waals surface area contributed by atoms with Crippen molar-refractivity contribution in [3.8, 4) is 0 Å². The predicted molar refractivity (Wildman–Crippen MR) is 76.3 cm³/mol. The highest BCUT2D eigenvalue weighted by Crippen LogP contribution is 2.34. The van der Waals surface area contributed by atoms with Crippen LogP contribution in [0, 0.1) is 5.92 Å². The molecule has 0 amide bonds. The lowest BCUT2D eigenvalue weighted by Gasteiger charge is -2.09. The van der Waals surface area contributed by atoms with Crippen LogP contribution >= 0.6 is 11.6 Å². The summed E-state index contributed by atoms with van der Waals surface area (Å²) < 4.78 is 40.2. The number of alkyl halides is 4. The van der Waals surface area contributed by atoms with Crippen molar-refractivity contribution >= 4 is 22.6 Å². The van der Waals surface area contributed by atoms with Gasteiger partial charge in [-0.15, -0.1) is 11.6 Å². The zero-order valence-corrected chi connectivity index (χ0v) is 12.2. The van der Waals surface area contributed by atoms with Gasteiger partial charge in [-0.05, 0) is 37.0 Å². The van der Waals surface area contributed by atoms with E-state index in [9.17, 15) is 13.2 Å². The van der Waals surface area contributed by atoms with Gasteiger partial charge in [-0.1, -0.05) is 12.8 Å². The lowest BCUT2D eigenvalue weighted by Crippen LogP contribution is -2.05. The number of imidazole rings is 1. The van der Waals surface area contributed by atoms with E-state index in [2.05, 4.69) is 4.98 Å². The fourth-order valence-corrected chi connectivity index (χ4v) is 2.86. The number of fused-ring (bicyclic) bond motifs is 1. The van der Waals surface area contributed by atoms with E-state index < -0.39 is 11.7 Å². The van der Waals surface area contributed by atoms with E-state index in [1.165, 1.54) is 25.3 Å². The largest absolute Gasteiger partial charge is 0.416 e. The molecule has 2 aromatic rings. The fourth-order valence-electron chi connectivity index (χ4n) is 2.65. The molecule has 0 aliphatic heterocycles. The molecule has 0 unspecified atom stereocenters. The second-order valence-electron chi connectivity index (χ2n) is 5.60. The molecule has 2 nitrogen and oxygen atoms in total. The Morgan fingerprint density at radius 1 is 1.29 bits per heavy atom. The monoisotopic (exact) mass is 316 g/mol. The SMILES string of the molecule is FC(F)(F)c1ccc2c(c1)nc(CCl)n2CCCC1CC1. The second kappa shape index (κ2) is 5.52. The standard InChI is InChI=1S/C15H16ClF3N2/c16-9-14-20-12-8-11(15(17,18)19)5-6-13(12)21(14)7-1-2-10-3-4-10/h5-6,8,10H,1-4,7,9H2. The predicted octanol–water partition coefficient (Wildman–Crippen LogP) is 4.98. The van der Waals surface area contributed by atoms with E-state index in [1.807, 2.05) is 4.57 Å². The molecule has 1 aromatic heterocycles. The van der Waals surface area contributed by atoms with E-state index in [4.69, 9.17) is 11.6 Å². The molecule has 3 rings (SSSR count). The quantitative estimate of drug-likeness (QED) is 0.711. The molecule has 1 aliphatic carbocycles. The number of halogens is 4. The zero-order chi connectivity index (χ0) is 15.0. The lowest BCUT2D eigenvalue weighted by molar-refractivity contribution is -0.137. The average Bonchev–Trinajstić information content (AvgIpc) is 3.18. The molecule has 0 bridgehead atoms. The first-order valence-electron chi connectivity index (χ1n) is 7.11. The molecule has 0 atom stereocenters. The van der Waals surface area contributed by atoms with Crippen LogP contribution in [0.15, 0.2) is 18.2 Å². The molecule has 0 saturated heterocycles. The Labute approximate surface area is 125 Å². The number of aryl methyl sites for hydroxylation is 1. The molecule has 1 aromatic carbocycles. The van der Waals surface area contributed by atoms with Crippen molar-refractivity contribution in [2.45, 2.75) is 44.3 Å². The Morgan fingerprint density at radius 3 is 2.67 bits per heavy atom. The van der Waals surface area contributed by atoms with E-state index in [-0.39, 0.29) is 5.88 Å². The van der Waals surface area contributed by atoms with Gasteiger partial charge in [-0.3, -0.25) is 0 Å². The van der Waals surface area contributed by atoms with Gasteiger partial charge in [0, 0.05) is 6.54 Å².